The molecular weight excluding hydrogens is 512 g/mol. The molecule has 9 heteroatoms. The molecule has 5 rings (SSSR count). The number of nitrogens with zero attached hydrogens (tertiary/aromatic N) is 3. The molecule has 0 fully saturated rings. The van der Waals surface area contributed by atoms with Crippen molar-refractivity contribution in [3.8, 4) is 5.75 Å². The Morgan fingerprint density at radius 3 is 2.83 bits per heavy atom. The number of hydrogen-bond acceptors (Lipinski definition) is 7. The van der Waals surface area contributed by atoms with E-state index in [0.717, 1.165) is 23.1 Å². The van der Waals surface area contributed by atoms with E-state index in [4.69, 9.17) is 9.15 Å². The molecule has 0 unspecified atom stereocenters. The number of amides is 1. The van der Waals surface area contributed by atoms with Gasteiger partial charge < -0.3 is 9.15 Å². The first-order valence-corrected chi connectivity index (χ1v) is 11.9. The van der Waals surface area contributed by atoms with Gasteiger partial charge in [-0.25, -0.2) is 15.2 Å². The van der Waals surface area contributed by atoms with Crippen LogP contribution in [0.3, 0.4) is 0 Å². The maximum Gasteiger partial charge on any atom is 0.380 e. The van der Waals surface area contributed by atoms with Gasteiger partial charge in [-0.05, 0) is 60.8 Å². The van der Waals surface area contributed by atoms with Gasteiger partial charge >= 0.3 is 5.97 Å². The molecule has 1 amide bonds. The van der Waals surface area contributed by atoms with Crippen molar-refractivity contribution in [3.63, 3.8) is 0 Å². The zero-order chi connectivity index (χ0) is 24.5. The molecule has 4 aromatic rings. The highest BCUT2D eigenvalue weighted by atomic mass is 79.9. The number of ether oxygens (including phenoxy) is 1. The van der Waals surface area contributed by atoms with Crippen molar-refractivity contribution in [1.29, 1.82) is 0 Å². The lowest BCUT2D eigenvalue weighted by Crippen LogP contribution is -2.22. The van der Waals surface area contributed by atoms with Crippen molar-refractivity contribution < 1.29 is 18.7 Å². The number of para-hydroxylation sites is 1. The summed E-state index contributed by atoms with van der Waals surface area (Å²) in [5.74, 6) is 0.171. The predicted octanol–water partition coefficient (Wildman–Crippen LogP) is 5.29. The van der Waals surface area contributed by atoms with E-state index in [0.29, 0.717) is 51.2 Å². The smallest absolute Gasteiger partial charge is 0.380 e. The van der Waals surface area contributed by atoms with Crippen LogP contribution in [0.25, 0.3) is 10.9 Å². The lowest BCUT2D eigenvalue weighted by molar-refractivity contribution is 0.0700. The third kappa shape index (κ3) is 4.59. The largest absolute Gasteiger partial charge is 0.453 e. The van der Waals surface area contributed by atoms with E-state index in [9.17, 15) is 9.59 Å². The number of halogens is 1. The Balaban J connectivity index is 1.42. The van der Waals surface area contributed by atoms with E-state index >= 15 is 0 Å². The summed E-state index contributed by atoms with van der Waals surface area (Å²) in [6, 6.07) is 11.0. The first-order chi connectivity index (χ1) is 16.9. The van der Waals surface area contributed by atoms with Crippen molar-refractivity contribution in [2.45, 2.75) is 33.1 Å². The number of hydrogen-bond donors (Lipinski definition) is 1. The number of fused-ring (bicyclic) bond motifs is 2. The third-order valence-electron chi connectivity index (χ3n) is 5.80. The second-order valence-electron chi connectivity index (χ2n) is 8.27. The summed E-state index contributed by atoms with van der Waals surface area (Å²) < 4.78 is 12.4. The SMILES string of the molecule is Cc1ccc2cccc(OC(=O)c3oc4c(c3C)/C(=N/NC(=O)c3cncc(Br)c3)CCC4)c2n1. The Kier molecular flexibility index (Phi) is 6.17. The molecule has 0 atom stereocenters. The Hall–Kier alpha value is -3.85. The summed E-state index contributed by atoms with van der Waals surface area (Å²) in [7, 11) is 0. The number of aromatic nitrogens is 2. The minimum Gasteiger partial charge on any atom is -0.453 e. The number of carbonyl (C=O) groups excluding carboxylic acids is 2. The standard InChI is InChI=1S/C26H21BrN4O4/c1-14-9-10-16-5-3-8-21(23(16)29-14)35-26(33)24-15(2)22-19(6-4-7-20(22)34-24)30-31-25(32)17-11-18(27)13-28-12-17/h3,5,8-13H,4,6-7H2,1-2H3,(H,31,32)/b30-19+. The van der Waals surface area contributed by atoms with Crippen molar-refractivity contribution in [2.24, 2.45) is 5.10 Å². The minimum absolute atomic E-state index is 0.122. The molecule has 0 radical (unpaired) electrons. The average molecular weight is 533 g/mol. The molecule has 35 heavy (non-hydrogen) atoms. The highest BCUT2D eigenvalue weighted by Gasteiger charge is 2.29. The summed E-state index contributed by atoms with van der Waals surface area (Å²) in [5, 5.41) is 5.23. The van der Waals surface area contributed by atoms with E-state index < -0.39 is 5.97 Å². The maximum absolute atomic E-state index is 13.1. The summed E-state index contributed by atoms with van der Waals surface area (Å²) in [4.78, 5) is 34.1. The molecule has 1 aromatic carbocycles. The van der Waals surface area contributed by atoms with Crippen LogP contribution in [-0.4, -0.2) is 27.6 Å². The molecule has 0 saturated carbocycles. The Morgan fingerprint density at radius 1 is 1.14 bits per heavy atom. The molecule has 0 aliphatic heterocycles. The van der Waals surface area contributed by atoms with Crippen molar-refractivity contribution >= 4 is 44.4 Å². The minimum atomic E-state index is -0.601. The van der Waals surface area contributed by atoms with Crippen LogP contribution in [0.4, 0.5) is 0 Å². The molecule has 176 valence electrons. The number of furan rings is 1. The number of pyridine rings is 2. The molecule has 0 saturated heterocycles. The topological polar surface area (TPSA) is 107 Å². The highest BCUT2D eigenvalue weighted by molar-refractivity contribution is 9.10. The van der Waals surface area contributed by atoms with Gasteiger partial charge in [0.05, 0.1) is 11.3 Å². The Bertz CT molecular complexity index is 1510. The number of carbonyl (C=O) groups is 2. The second-order valence-corrected chi connectivity index (χ2v) is 9.18. The Labute approximate surface area is 209 Å². The number of aryl methyl sites for hydroxylation is 2. The molecule has 1 N–H and O–H groups in total. The van der Waals surface area contributed by atoms with Crippen molar-refractivity contribution in [1.82, 2.24) is 15.4 Å². The molecule has 3 heterocycles. The van der Waals surface area contributed by atoms with Gasteiger partial charge in [0.1, 0.15) is 11.3 Å². The zero-order valence-electron chi connectivity index (χ0n) is 19.1. The van der Waals surface area contributed by atoms with Crippen LogP contribution in [0.1, 0.15) is 56.3 Å². The maximum atomic E-state index is 13.1. The predicted molar refractivity (Wildman–Crippen MR) is 134 cm³/mol. The van der Waals surface area contributed by atoms with Crippen molar-refractivity contribution in [2.75, 3.05) is 0 Å². The molecular formula is C26H21BrN4O4. The van der Waals surface area contributed by atoms with E-state index in [-0.39, 0.29) is 11.7 Å². The molecule has 0 spiro atoms. The van der Waals surface area contributed by atoms with Gasteiger partial charge in [0.2, 0.25) is 5.76 Å². The fourth-order valence-electron chi connectivity index (χ4n) is 4.14. The fraction of sp³-hybridized carbons (Fsp3) is 0.192. The first kappa shape index (κ1) is 22.9. The van der Waals surface area contributed by atoms with Gasteiger partial charge in [0.15, 0.2) is 5.75 Å². The number of hydrazone groups is 1. The van der Waals surface area contributed by atoms with Crippen LogP contribution in [0.5, 0.6) is 5.75 Å². The van der Waals surface area contributed by atoms with E-state index in [2.05, 4.69) is 36.4 Å². The number of esters is 1. The van der Waals surface area contributed by atoms with Gasteiger partial charge in [-0.2, -0.15) is 5.10 Å². The normalized spacial score (nSPS) is 14.1. The quantitative estimate of drug-likeness (QED) is 0.217. The summed E-state index contributed by atoms with van der Waals surface area (Å²) >= 11 is 3.31. The van der Waals surface area contributed by atoms with E-state index in [1.165, 1.54) is 6.20 Å². The van der Waals surface area contributed by atoms with Gasteiger partial charge in [-0.15, -0.1) is 0 Å². The Morgan fingerprint density at radius 2 is 2.00 bits per heavy atom. The van der Waals surface area contributed by atoms with Crippen LogP contribution in [0.2, 0.25) is 0 Å². The monoisotopic (exact) mass is 532 g/mol. The molecule has 1 aliphatic carbocycles. The summed E-state index contributed by atoms with van der Waals surface area (Å²) in [6.07, 6.45) is 5.16. The van der Waals surface area contributed by atoms with E-state index in [1.54, 1.807) is 25.3 Å². The van der Waals surface area contributed by atoms with Crippen LogP contribution in [-0.2, 0) is 6.42 Å². The third-order valence-corrected chi connectivity index (χ3v) is 6.23. The summed E-state index contributed by atoms with van der Waals surface area (Å²) in [6.45, 7) is 3.68. The first-order valence-electron chi connectivity index (χ1n) is 11.1. The number of nitrogens with one attached hydrogen (secondary N) is 1. The lowest BCUT2D eigenvalue weighted by Gasteiger charge is -2.13. The van der Waals surface area contributed by atoms with Gasteiger partial charge in [-0.3, -0.25) is 9.78 Å². The van der Waals surface area contributed by atoms with Crippen LogP contribution in [0, 0.1) is 13.8 Å². The lowest BCUT2D eigenvalue weighted by atomic mass is 9.93. The van der Waals surface area contributed by atoms with Crippen molar-refractivity contribution in [3.05, 3.63) is 87.2 Å². The molecule has 8 nitrogen and oxygen atoms in total. The highest BCUT2D eigenvalue weighted by Crippen LogP contribution is 2.31. The number of rotatable bonds is 4. The van der Waals surface area contributed by atoms with Crippen LogP contribution >= 0.6 is 15.9 Å². The van der Waals surface area contributed by atoms with Gasteiger partial charge in [-0.1, -0.05) is 18.2 Å². The average Bonchev–Trinajstić information content (AvgIpc) is 3.20. The molecule has 0 bridgehead atoms. The zero-order valence-corrected chi connectivity index (χ0v) is 20.7. The number of benzene rings is 1. The van der Waals surface area contributed by atoms with Crippen LogP contribution in [0.15, 0.2) is 62.8 Å². The second kappa shape index (κ2) is 9.42. The fourth-order valence-corrected chi connectivity index (χ4v) is 4.50. The van der Waals surface area contributed by atoms with Gasteiger partial charge in [0, 0.05) is 45.5 Å². The van der Waals surface area contributed by atoms with Gasteiger partial charge in [0.25, 0.3) is 5.91 Å². The summed E-state index contributed by atoms with van der Waals surface area (Å²) in [5.41, 5.74) is 6.44. The molecule has 1 aliphatic rings. The van der Waals surface area contributed by atoms with Crippen LogP contribution < -0.4 is 10.2 Å². The van der Waals surface area contributed by atoms with E-state index in [1.807, 2.05) is 31.2 Å². The molecule has 3 aromatic heterocycles.